The van der Waals surface area contributed by atoms with Gasteiger partial charge in [0.15, 0.2) is 0 Å². The van der Waals surface area contributed by atoms with Crippen LogP contribution in [0.3, 0.4) is 0 Å². The normalized spacial score (nSPS) is 12.5. The zero-order valence-electron chi connectivity index (χ0n) is 7.66. The number of rotatable bonds is 4. The molecule has 0 saturated carbocycles. The number of carbonyl (C=O) groups is 1. The highest BCUT2D eigenvalue weighted by Crippen LogP contribution is 2.20. The summed E-state index contributed by atoms with van der Waals surface area (Å²) in [6, 6.07) is 7.47. The van der Waals surface area contributed by atoms with Crippen molar-refractivity contribution in [2.75, 3.05) is 0 Å². The van der Waals surface area contributed by atoms with E-state index < -0.39 is 0 Å². The SMILES string of the molecule is CCCC(C=O)c1ccc(Cl)cc1. The third kappa shape index (κ3) is 2.85. The van der Waals surface area contributed by atoms with E-state index in [0.29, 0.717) is 5.02 Å². The molecule has 0 heterocycles. The highest BCUT2D eigenvalue weighted by Gasteiger charge is 2.08. The van der Waals surface area contributed by atoms with E-state index in [1.165, 1.54) is 0 Å². The van der Waals surface area contributed by atoms with Gasteiger partial charge in [0.25, 0.3) is 0 Å². The summed E-state index contributed by atoms with van der Waals surface area (Å²) in [5.41, 5.74) is 1.06. The van der Waals surface area contributed by atoms with Crippen molar-refractivity contribution < 1.29 is 4.79 Å². The smallest absolute Gasteiger partial charge is 0.127 e. The Kier molecular flexibility index (Phi) is 3.97. The van der Waals surface area contributed by atoms with E-state index in [1.54, 1.807) is 0 Å². The number of aldehydes is 1. The van der Waals surface area contributed by atoms with Crippen LogP contribution in [0.4, 0.5) is 0 Å². The van der Waals surface area contributed by atoms with Gasteiger partial charge in [-0.1, -0.05) is 37.1 Å². The monoisotopic (exact) mass is 196 g/mol. The second-order valence-electron chi connectivity index (χ2n) is 3.08. The lowest BCUT2D eigenvalue weighted by Crippen LogP contribution is -1.98. The molecule has 1 aromatic carbocycles. The van der Waals surface area contributed by atoms with Crippen molar-refractivity contribution in [1.29, 1.82) is 0 Å². The molecule has 0 aromatic heterocycles. The van der Waals surface area contributed by atoms with E-state index in [2.05, 4.69) is 6.92 Å². The first-order chi connectivity index (χ1) is 6.27. The molecule has 0 aliphatic heterocycles. The van der Waals surface area contributed by atoms with Gasteiger partial charge in [-0.25, -0.2) is 0 Å². The maximum Gasteiger partial charge on any atom is 0.127 e. The molecule has 1 rings (SSSR count). The average Bonchev–Trinajstić information content (AvgIpc) is 2.16. The van der Waals surface area contributed by atoms with Crippen LogP contribution in [0, 0.1) is 0 Å². The summed E-state index contributed by atoms with van der Waals surface area (Å²) in [5, 5.41) is 0.713. The van der Waals surface area contributed by atoms with Crippen LogP contribution in [0.1, 0.15) is 31.2 Å². The molecule has 2 heteroatoms. The van der Waals surface area contributed by atoms with E-state index in [0.717, 1.165) is 24.7 Å². The van der Waals surface area contributed by atoms with E-state index >= 15 is 0 Å². The molecule has 0 fully saturated rings. The summed E-state index contributed by atoms with van der Waals surface area (Å²) in [6.07, 6.45) is 2.93. The summed E-state index contributed by atoms with van der Waals surface area (Å²) < 4.78 is 0. The average molecular weight is 197 g/mol. The fourth-order valence-corrected chi connectivity index (χ4v) is 1.46. The maximum absolute atomic E-state index is 10.7. The van der Waals surface area contributed by atoms with Crippen molar-refractivity contribution >= 4 is 17.9 Å². The first kappa shape index (κ1) is 10.3. The molecule has 0 spiro atoms. The molecule has 70 valence electrons. The van der Waals surface area contributed by atoms with Crippen molar-refractivity contribution in [3.05, 3.63) is 34.9 Å². The minimum atomic E-state index is 0.0299. The Morgan fingerprint density at radius 2 is 2.00 bits per heavy atom. The van der Waals surface area contributed by atoms with Crippen LogP contribution in [0.25, 0.3) is 0 Å². The van der Waals surface area contributed by atoms with Gasteiger partial charge in [-0.3, -0.25) is 0 Å². The molecule has 0 bridgehead atoms. The number of carbonyl (C=O) groups excluding carboxylic acids is 1. The van der Waals surface area contributed by atoms with Gasteiger partial charge in [-0.2, -0.15) is 0 Å². The number of hydrogen-bond donors (Lipinski definition) is 0. The number of hydrogen-bond acceptors (Lipinski definition) is 1. The summed E-state index contributed by atoms with van der Waals surface area (Å²) in [7, 11) is 0. The lowest BCUT2D eigenvalue weighted by molar-refractivity contribution is -0.109. The fraction of sp³-hybridized carbons (Fsp3) is 0.364. The van der Waals surface area contributed by atoms with E-state index in [-0.39, 0.29) is 5.92 Å². The Morgan fingerprint density at radius 1 is 1.38 bits per heavy atom. The standard InChI is InChI=1S/C11H13ClO/c1-2-3-10(8-13)9-4-6-11(12)7-5-9/h4-8,10H,2-3H2,1H3. The first-order valence-electron chi connectivity index (χ1n) is 4.48. The van der Waals surface area contributed by atoms with Crippen LogP contribution >= 0.6 is 11.6 Å². The molecular formula is C11H13ClO. The van der Waals surface area contributed by atoms with E-state index in [4.69, 9.17) is 11.6 Å². The van der Waals surface area contributed by atoms with Gasteiger partial charge < -0.3 is 4.79 Å². The largest absolute Gasteiger partial charge is 0.303 e. The second-order valence-corrected chi connectivity index (χ2v) is 3.52. The highest BCUT2D eigenvalue weighted by molar-refractivity contribution is 6.30. The molecular weight excluding hydrogens is 184 g/mol. The van der Waals surface area contributed by atoms with Crippen LogP contribution < -0.4 is 0 Å². The molecule has 0 saturated heterocycles. The molecule has 1 unspecified atom stereocenters. The zero-order chi connectivity index (χ0) is 9.68. The second kappa shape index (κ2) is 5.03. The minimum absolute atomic E-state index is 0.0299. The number of halogens is 1. The molecule has 0 aliphatic rings. The van der Waals surface area contributed by atoms with Crippen molar-refractivity contribution in [3.8, 4) is 0 Å². The van der Waals surface area contributed by atoms with Crippen LogP contribution in [0.5, 0.6) is 0 Å². The zero-order valence-corrected chi connectivity index (χ0v) is 8.42. The molecule has 0 N–H and O–H groups in total. The molecule has 1 aromatic rings. The Labute approximate surface area is 83.7 Å². The molecule has 13 heavy (non-hydrogen) atoms. The van der Waals surface area contributed by atoms with Crippen LogP contribution in [0.2, 0.25) is 5.02 Å². The highest BCUT2D eigenvalue weighted by atomic mass is 35.5. The molecule has 1 atom stereocenters. The molecule has 0 amide bonds. The van der Waals surface area contributed by atoms with Gasteiger partial charge in [0.1, 0.15) is 6.29 Å². The van der Waals surface area contributed by atoms with Gasteiger partial charge in [0.2, 0.25) is 0 Å². The fourth-order valence-electron chi connectivity index (χ4n) is 1.33. The van der Waals surface area contributed by atoms with Gasteiger partial charge in [-0.15, -0.1) is 0 Å². The van der Waals surface area contributed by atoms with Gasteiger partial charge in [-0.05, 0) is 24.1 Å². The summed E-state index contributed by atoms with van der Waals surface area (Å²) in [4.78, 5) is 10.7. The van der Waals surface area contributed by atoms with Crippen LogP contribution in [0.15, 0.2) is 24.3 Å². The van der Waals surface area contributed by atoms with Crippen molar-refractivity contribution in [2.24, 2.45) is 0 Å². The summed E-state index contributed by atoms with van der Waals surface area (Å²) in [5.74, 6) is 0.0299. The predicted octanol–water partition coefficient (Wildman–Crippen LogP) is 3.42. The van der Waals surface area contributed by atoms with Crippen molar-refractivity contribution in [3.63, 3.8) is 0 Å². The molecule has 0 aliphatic carbocycles. The van der Waals surface area contributed by atoms with Crippen LogP contribution in [-0.2, 0) is 4.79 Å². The predicted molar refractivity (Wildman–Crippen MR) is 55.2 cm³/mol. The Balaban J connectivity index is 2.79. The quantitative estimate of drug-likeness (QED) is 0.675. The Bertz CT molecular complexity index is 266. The van der Waals surface area contributed by atoms with Crippen molar-refractivity contribution in [1.82, 2.24) is 0 Å². The molecule has 1 nitrogen and oxygen atoms in total. The Hall–Kier alpha value is -0.820. The topological polar surface area (TPSA) is 17.1 Å². The third-order valence-electron chi connectivity index (χ3n) is 2.06. The lowest BCUT2D eigenvalue weighted by atomic mass is 9.96. The minimum Gasteiger partial charge on any atom is -0.303 e. The first-order valence-corrected chi connectivity index (χ1v) is 4.86. The van der Waals surface area contributed by atoms with E-state index in [9.17, 15) is 4.79 Å². The lowest BCUT2D eigenvalue weighted by Gasteiger charge is -2.08. The summed E-state index contributed by atoms with van der Waals surface area (Å²) >= 11 is 5.75. The van der Waals surface area contributed by atoms with E-state index in [1.807, 2.05) is 24.3 Å². The van der Waals surface area contributed by atoms with Crippen molar-refractivity contribution in [2.45, 2.75) is 25.7 Å². The van der Waals surface area contributed by atoms with Crippen LogP contribution in [-0.4, -0.2) is 6.29 Å². The van der Waals surface area contributed by atoms with Gasteiger partial charge in [0.05, 0.1) is 0 Å². The summed E-state index contributed by atoms with van der Waals surface area (Å²) in [6.45, 7) is 2.08. The third-order valence-corrected chi connectivity index (χ3v) is 2.31. The maximum atomic E-state index is 10.7. The van der Waals surface area contributed by atoms with Gasteiger partial charge in [0, 0.05) is 10.9 Å². The molecule has 0 radical (unpaired) electrons. The number of benzene rings is 1. The Morgan fingerprint density at radius 3 is 2.46 bits per heavy atom. The van der Waals surface area contributed by atoms with Gasteiger partial charge >= 0.3 is 0 Å².